The molecule has 90 valence electrons. The zero-order chi connectivity index (χ0) is 12.6. The minimum Gasteiger partial charge on any atom is -0.481 e. The monoisotopic (exact) mass is 232 g/mol. The minimum absolute atomic E-state index is 0.00626. The van der Waals surface area contributed by atoms with Crippen LogP contribution >= 0.6 is 0 Å². The molecule has 0 amide bonds. The van der Waals surface area contributed by atoms with Crippen LogP contribution in [0.5, 0.6) is 0 Å². The van der Waals surface area contributed by atoms with Crippen LogP contribution in [0.4, 0.5) is 0 Å². The van der Waals surface area contributed by atoms with Crippen LogP contribution in [0, 0.1) is 12.8 Å². The van der Waals surface area contributed by atoms with Gasteiger partial charge in [0.2, 0.25) is 0 Å². The van der Waals surface area contributed by atoms with E-state index in [1.165, 1.54) is 0 Å². The van der Waals surface area contributed by atoms with Crippen molar-refractivity contribution in [2.45, 2.75) is 26.7 Å². The van der Waals surface area contributed by atoms with Crippen LogP contribution in [-0.4, -0.2) is 11.1 Å². The predicted molar refractivity (Wildman–Crippen MR) is 66.2 cm³/mol. The number of rotatable bonds is 3. The van der Waals surface area contributed by atoms with Gasteiger partial charge in [0.15, 0.2) is 0 Å². The van der Waals surface area contributed by atoms with Gasteiger partial charge in [-0.2, -0.15) is 0 Å². The first-order chi connectivity index (χ1) is 8.02. The van der Waals surface area contributed by atoms with Crippen molar-refractivity contribution in [3.05, 3.63) is 35.6 Å². The average Bonchev–Trinajstić information content (AvgIpc) is 2.56. The third kappa shape index (κ3) is 1.93. The molecule has 0 fully saturated rings. The van der Waals surface area contributed by atoms with Crippen LogP contribution in [0.1, 0.15) is 31.1 Å². The number of carbonyl (C=O) groups is 1. The van der Waals surface area contributed by atoms with E-state index >= 15 is 0 Å². The highest BCUT2D eigenvalue weighted by molar-refractivity contribution is 5.85. The second-order valence-electron chi connectivity index (χ2n) is 4.65. The number of furan rings is 1. The molecular weight excluding hydrogens is 216 g/mol. The highest BCUT2D eigenvalue weighted by Gasteiger charge is 2.29. The molecule has 0 aliphatic rings. The Balaban J connectivity index is 2.61. The fraction of sp³-hybridized carbons (Fsp3) is 0.357. The molecule has 0 radical (unpaired) electrons. The van der Waals surface area contributed by atoms with Gasteiger partial charge < -0.3 is 9.52 Å². The summed E-state index contributed by atoms with van der Waals surface area (Å²) >= 11 is 0. The number of carboxylic acid groups (broad SMARTS) is 1. The van der Waals surface area contributed by atoms with Gasteiger partial charge in [-0.1, -0.05) is 32.0 Å². The number of fused-ring (bicyclic) bond motifs is 1. The maximum Gasteiger partial charge on any atom is 0.314 e. The predicted octanol–water partition coefficient (Wildman–Crippen LogP) is 3.57. The van der Waals surface area contributed by atoms with Crippen molar-refractivity contribution in [2.75, 3.05) is 0 Å². The Kier molecular flexibility index (Phi) is 2.92. The van der Waals surface area contributed by atoms with Gasteiger partial charge in [0.1, 0.15) is 17.3 Å². The number of para-hydroxylation sites is 1. The standard InChI is InChI=1S/C14H16O3/c1-8(2)12(14(15)16)13-9(3)10-6-4-5-7-11(10)17-13/h4-8,12H,1-3H3,(H,15,16). The molecule has 1 heterocycles. The van der Waals surface area contributed by atoms with Gasteiger partial charge in [-0.05, 0) is 24.5 Å². The molecule has 0 aliphatic heterocycles. The molecule has 2 rings (SSSR count). The molecule has 3 nitrogen and oxygen atoms in total. The quantitative estimate of drug-likeness (QED) is 0.880. The van der Waals surface area contributed by atoms with Gasteiger partial charge in [0.05, 0.1) is 0 Å². The highest BCUT2D eigenvalue weighted by atomic mass is 16.4. The molecule has 0 aliphatic carbocycles. The summed E-state index contributed by atoms with van der Waals surface area (Å²) in [5.41, 5.74) is 1.69. The molecule has 0 saturated heterocycles. The Morgan fingerprint density at radius 3 is 2.47 bits per heavy atom. The molecule has 0 spiro atoms. The molecule has 1 atom stereocenters. The van der Waals surface area contributed by atoms with Crippen molar-refractivity contribution in [3.63, 3.8) is 0 Å². The van der Waals surface area contributed by atoms with Crippen LogP contribution in [0.2, 0.25) is 0 Å². The lowest BCUT2D eigenvalue weighted by Gasteiger charge is -2.14. The lowest BCUT2D eigenvalue weighted by molar-refractivity contribution is -0.140. The van der Waals surface area contributed by atoms with E-state index in [2.05, 4.69) is 0 Å². The highest BCUT2D eigenvalue weighted by Crippen LogP contribution is 2.34. The van der Waals surface area contributed by atoms with Gasteiger partial charge >= 0.3 is 5.97 Å². The van der Waals surface area contributed by atoms with Gasteiger partial charge in [0, 0.05) is 5.39 Å². The van der Waals surface area contributed by atoms with Crippen LogP contribution in [0.15, 0.2) is 28.7 Å². The van der Waals surface area contributed by atoms with E-state index in [1.54, 1.807) is 0 Å². The molecule has 1 N–H and O–H groups in total. The number of carboxylic acids is 1. The fourth-order valence-corrected chi connectivity index (χ4v) is 2.19. The van der Waals surface area contributed by atoms with E-state index in [1.807, 2.05) is 45.0 Å². The molecule has 1 aromatic heterocycles. The Bertz CT molecular complexity index is 552. The molecular formula is C14H16O3. The van der Waals surface area contributed by atoms with Crippen molar-refractivity contribution >= 4 is 16.9 Å². The third-order valence-electron chi connectivity index (χ3n) is 3.10. The number of hydrogen-bond acceptors (Lipinski definition) is 2. The van der Waals surface area contributed by atoms with Crippen LogP contribution in [-0.2, 0) is 4.79 Å². The Labute approximate surface area is 100 Å². The van der Waals surface area contributed by atoms with Gasteiger partial charge in [-0.15, -0.1) is 0 Å². The van der Waals surface area contributed by atoms with Crippen molar-refractivity contribution in [3.8, 4) is 0 Å². The Hall–Kier alpha value is -1.77. The molecule has 1 unspecified atom stereocenters. The van der Waals surface area contributed by atoms with E-state index in [0.29, 0.717) is 5.76 Å². The average molecular weight is 232 g/mol. The smallest absolute Gasteiger partial charge is 0.314 e. The molecule has 1 aromatic carbocycles. The first kappa shape index (κ1) is 11.7. The van der Waals surface area contributed by atoms with Crippen LogP contribution in [0.3, 0.4) is 0 Å². The second kappa shape index (κ2) is 4.24. The molecule has 17 heavy (non-hydrogen) atoms. The fourth-order valence-electron chi connectivity index (χ4n) is 2.19. The van der Waals surface area contributed by atoms with E-state index < -0.39 is 11.9 Å². The van der Waals surface area contributed by atoms with E-state index in [9.17, 15) is 9.90 Å². The van der Waals surface area contributed by atoms with Crippen LogP contribution in [0.25, 0.3) is 11.0 Å². The molecule has 0 saturated carbocycles. The first-order valence-electron chi connectivity index (χ1n) is 5.73. The summed E-state index contributed by atoms with van der Waals surface area (Å²) in [6.07, 6.45) is 0. The summed E-state index contributed by atoms with van der Waals surface area (Å²) in [4.78, 5) is 11.3. The maximum absolute atomic E-state index is 11.3. The number of benzene rings is 1. The summed E-state index contributed by atoms with van der Waals surface area (Å²) in [7, 11) is 0. The normalized spacial score (nSPS) is 13.2. The summed E-state index contributed by atoms with van der Waals surface area (Å²) in [6.45, 7) is 5.70. The minimum atomic E-state index is -0.831. The summed E-state index contributed by atoms with van der Waals surface area (Å²) in [5, 5.41) is 10.3. The zero-order valence-corrected chi connectivity index (χ0v) is 10.2. The summed E-state index contributed by atoms with van der Waals surface area (Å²) in [6, 6.07) is 7.64. The zero-order valence-electron chi connectivity index (χ0n) is 10.2. The van der Waals surface area contributed by atoms with Crippen molar-refractivity contribution < 1.29 is 14.3 Å². The summed E-state index contributed by atoms with van der Waals surface area (Å²) < 4.78 is 5.70. The van der Waals surface area contributed by atoms with Gasteiger partial charge in [0.25, 0.3) is 0 Å². The van der Waals surface area contributed by atoms with Gasteiger partial charge in [-0.3, -0.25) is 4.79 Å². The lowest BCUT2D eigenvalue weighted by Crippen LogP contribution is -2.17. The van der Waals surface area contributed by atoms with E-state index in [0.717, 1.165) is 16.5 Å². The van der Waals surface area contributed by atoms with Gasteiger partial charge in [-0.25, -0.2) is 0 Å². The number of aliphatic carboxylic acids is 1. The Morgan fingerprint density at radius 1 is 1.29 bits per heavy atom. The van der Waals surface area contributed by atoms with Crippen molar-refractivity contribution in [2.24, 2.45) is 5.92 Å². The van der Waals surface area contributed by atoms with Crippen LogP contribution < -0.4 is 0 Å². The maximum atomic E-state index is 11.3. The Morgan fingerprint density at radius 2 is 1.94 bits per heavy atom. The third-order valence-corrected chi connectivity index (χ3v) is 3.10. The molecule has 2 aromatic rings. The summed E-state index contributed by atoms with van der Waals surface area (Å²) in [5.74, 6) is -0.829. The lowest BCUT2D eigenvalue weighted by atomic mass is 9.91. The van der Waals surface area contributed by atoms with E-state index in [-0.39, 0.29) is 5.92 Å². The number of hydrogen-bond donors (Lipinski definition) is 1. The SMILES string of the molecule is Cc1c(C(C(=O)O)C(C)C)oc2ccccc12. The molecule has 3 heteroatoms. The van der Waals surface area contributed by atoms with Crippen molar-refractivity contribution in [1.29, 1.82) is 0 Å². The van der Waals surface area contributed by atoms with E-state index in [4.69, 9.17) is 4.42 Å². The molecule has 0 bridgehead atoms. The second-order valence-corrected chi connectivity index (χ2v) is 4.65. The number of aryl methyl sites for hydroxylation is 1. The first-order valence-corrected chi connectivity index (χ1v) is 5.73. The van der Waals surface area contributed by atoms with Crippen molar-refractivity contribution in [1.82, 2.24) is 0 Å². The largest absolute Gasteiger partial charge is 0.481 e. The topological polar surface area (TPSA) is 50.4 Å².